The first-order chi connectivity index (χ1) is 14.8. The topological polar surface area (TPSA) is 98.9 Å². The van der Waals surface area contributed by atoms with Crippen molar-refractivity contribution in [3.63, 3.8) is 0 Å². The number of rotatable bonds is 9. The number of aliphatic hydroxyl groups excluding tert-OH is 1. The molecule has 1 fully saturated rings. The zero-order chi connectivity index (χ0) is 20.8. The molecule has 8 heteroatoms. The molecular weight excluding hydrogens is 386 g/mol. The molecule has 2 aromatic heterocycles. The summed E-state index contributed by atoms with van der Waals surface area (Å²) in [5, 5.41) is 24.4. The van der Waals surface area contributed by atoms with Gasteiger partial charge in [0.05, 0.1) is 31.5 Å². The van der Waals surface area contributed by atoms with E-state index in [4.69, 9.17) is 24.4 Å². The Labute approximate surface area is 175 Å². The van der Waals surface area contributed by atoms with Crippen molar-refractivity contribution >= 4 is 10.9 Å². The third-order valence-corrected chi connectivity index (χ3v) is 5.04. The van der Waals surface area contributed by atoms with Crippen LogP contribution in [0.3, 0.4) is 0 Å². The van der Waals surface area contributed by atoms with E-state index in [2.05, 4.69) is 4.98 Å². The van der Waals surface area contributed by atoms with E-state index >= 15 is 0 Å². The minimum Gasteiger partial charge on any atom is -0.506 e. The summed E-state index contributed by atoms with van der Waals surface area (Å²) in [6.07, 6.45) is 6.82. The van der Waals surface area contributed by atoms with Gasteiger partial charge in [-0.05, 0) is 43.5 Å². The largest absolute Gasteiger partial charge is 0.506 e. The number of hydrogen-bond acceptors (Lipinski definition) is 7. The summed E-state index contributed by atoms with van der Waals surface area (Å²) in [6, 6.07) is 7.56. The first-order valence-corrected chi connectivity index (χ1v) is 10.4. The number of pyridine rings is 1. The Morgan fingerprint density at radius 1 is 1.13 bits per heavy atom. The Morgan fingerprint density at radius 3 is 2.87 bits per heavy atom. The van der Waals surface area contributed by atoms with Gasteiger partial charge in [0, 0.05) is 36.8 Å². The van der Waals surface area contributed by atoms with Gasteiger partial charge in [-0.3, -0.25) is 4.98 Å². The number of aliphatic hydroxyl groups is 1. The van der Waals surface area contributed by atoms with Crippen molar-refractivity contribution in [2.45, 2.75) is 31.9 Å². The summed E-state index contributed by atoms with van der Waals surface area (Å²) >= 11 is 0. The quantitative estimate of drug-likeness (QED) is 0.519. The van der Waals surface area contributed by atoms with E-state index < -0.39 is 0 Å². The van der Waals surface area contributed by atoms with Crippen LogP contribution in [0.2, 0.25) is 0 Å². The molecule has 1 aliphatic rings. The van der Waals surface area contributed by atoms with E-state index in [9.17, 15) is 5.11 Å². The van der Waals surface area contributed by atoms with Gasteiger partial charge in [-0.15, -0.1) is 0 Å². The lowest BCUT2D eigenvalue weighted by Crippen LogP contribution is -2.19. The zero-order valence-electron chi connectivity index (χ0n) is 16.9. The lowest BCUT2D eigenvalue weighted by Gasteiger charge is -2.23. The molecule has 2 N–H and O–H groups in total. The molecule has 0 spiro atoms. The fraction of sp³-hybridized carbons (Fsp3) is 0.455. The highest BCUT2D eigenvalue weighted by Gasteiger charge is 2.22. The molecule has 0 aliphatic carbocycles. The molecule has 1 atom stereocenters. The molecule has 3 heterocycles. The van der Waals surface area contributed by atoms with E-state index in [0.717, 1.165) is 60.2 Å². The molecule has 30 heavy (non-hydrogen) atoms. The average molecular weight is 413 g/mol. The maximum atomic E-state index is 9.89. The van der Waals surface area contributed by atoms with Crippen molar-refractivity contribution in [1.29, 1.82) is 0 Å². The summed E-state index contributed by atoms with van der Waals surface area (Å²) in [5.74, 6) is 0.836. The summed E-state index contributed by atoms with van der Waals surface area (Å²) in [6.45, 7) is 2.16. The van der Waals surface area contributed by atoms with Gasteiger partial charge in [0.2, 0.25) is 0 Å². The zero-order valence-corrected chi connectivity index (χ0v) is 16.9. The fourth-order valence-electron chi connectivity index (χ4n) is 3.63. The minimum atomic E-state index is -0.101. The number of ether oxygens (including phenoxy) is 3. The van der Waals surface area contributed by atoms with Gasteiger partial charge < -0.3 is 24.4 Å². The third-order valence-electron chi connectivity index (χ3n) is 5.04. The molecule has 3 aromatic rings. The first kappa shape index (κ1) is 20.6. The second-order valence-electron chi connectivity index (χ2n) is 7.26. The number of aromatic nitrogens is 3. The molecule has 1 saturated heterocycles. The Bertz CT molecular complexity index is 969. The van der Waals surface area contributed by atoms with Gasteiger partial charge in [-0.25, -0.2) is 4.68 Å². The molecule has 160 valence electrons. The standard InChI is InChI=1S/C22H27N3O5/c26-7-11-28-8-3-10-29-18-5-6-20-19(13-18)22(16-12-17(27)15-23-14-16)24-25(20)21-4-1-2-9-30-21/h5-6,12-15,21,26-27H,1-4,7-11H2. The second-order valence-corrected chi connectivity index (χ2v) is 7.26. The first-order valence-electron chi connectivity index (χ1n) is 10.4. The summed E-state index contributed by atoms with van der Waals surface area (Å²) in [4.78, 5) is 4.10. The second kappa shape index (κ2) is 9.88. The van der Waals surface area contributed by atoms with Crippen LogP contribution < -0.4 is 4.74 Å². The number of aromatic hydroxyl groups is 1. The van der Waals surface area contributed by atoms with Crippen LogP contribution in [0.15, 0.2) is 36.7 Å². The third kappa shape index (κ3) is 4.72. The smallest absolute Gasteiger partial charge is 0.150 e. The van der Waals surface area contributed by atoms with Crippen LogP contribution in [0.5, 0.6) is 11.5 Å². The minimum absolute atomic E-state index is 0.0267. The Morgan fingerprint density at radius 2 is 2.07 bits per heavy atom. The SMILES string of the molecule is OCCOCCCOc1ccc2c(c1)c(-c1cncc(O)c1)nn2C1CCCCO1. The Hall–Kier alpha value is -2.68. The highest BCUT2D eigenvalue weighted by atomic mass is 16.5. The molecule has 1 unspecified atom stereocenters. The Balaban J connectivity index is 1.62. The van der Waals surface area contributed by atoms with Crippen molar-refractivity contribution < 1.29 is 24.4 Å². The number of hydrogen-bond donors (Lipinski definition) is 2. The molecule has 0 radical (unpaired) electrons. The molecular formula is C22H27N3O5. The monoisotopic (exact) mass is 413 g/mol. The molecule has 0 bridgehead atoms. The highest BCUT2D eigenvalue weighted by Crippen LogP contribution is 2.35. The highest BCUT2D eigenvalue weighted by molar-refractivity contribution is 5.94. The molecule has 1 aliphatic heterocycles. The van der Waals surface area contributed by atoms with Crippen LogP contribution in [0.25, 0.3) is 22.2 Å². The Kier molecular flexibility index (Phi) is 6.78. The van der Waals surface area contributed by atoms with Crippen molar-refractivity contribution in [1.82, 2.24) is 14.8 Å². The van der Waals surface area contributed by atoms with Gasteiger partial charge in [-0.2, -0.15) is 5.10 Å². The van der Waals surface area contributed by atoms with Gasteiger partial charge in [0.1, 0.15) is 17.2 Å². The van der Waals surface area contributed by atoms with Crippen LogP contribution in [0.4, 0.5) is 0 Å². The van der Waals surface area contributed by atoms with Crippen molar-refractivity contribution in [2.24, 2.45) is 0 Å². The number of fused-ring (bicyclic) bond motifs is 1. The van der Waals surface area contributed by atoms with E-state index in [1.807, 2.05) is 22.9 Å². The van der Waals surface area contributed by atoms with Gasteiger partial charge in [0.15, 0.2) is 6.23 Å². The van der Waals surface area contributed by atoms with Crippen LogP contribution >= 0.6 is 0 Å². The van der Waals surface area contributed by atoms with Crippen LogP contribution in [0, 0.1) is 0 Å². The van der Waals surface area contributed by atoms with Crippen LogP contribution in [-0.4, -0.2) is 58.0 Å². The van der Waals surface area contributed by atoms with Gasteiger partial charge in [0.25, 0.3) is 0 Å². The number of benzene rings is 1. The summed E-state index contributed by atoms with van der Waals surface area (Å²) in [5.41, 5.74) is 2.43. The lowest BCUT2D eigenvalue weighted by atomic mass is 10.1. The predicted octanol–water partition coefficient (Wildman–Crippen LogP) is 3.28. The van der Waals surface area contributed by atoms with Gasteiger partial charge >= 0.3 is 0 Å². The maximum absolute atomic E-state index is 9.89. The molecule has 1 aromatic carbocycles. The fourth-order valence-corrected chi connectivity index (χ4v) is 3.63. The van der Waals surface area contributed by atoms with Crippen molar-refractivity contribution in [3.05, 3.63) is 36.7 Å². The number of nitrogens with zero attached hydrogens (tertiary/aromatic N) is 3. The summed E-state index contributed by atoms with van der Waals surface area (Å²) < 4.78 is 19.0. The average Bonchev–Trinajstić information content (AvgIpc) is 3.16. The molecule has 0 saturated carbocycles. The van der Waals surface area contributed by atoms with E-state index in [1.54, 1.807) is 12.3 Å². The normalized spacial score (nSPS) is 16.8. The summed E-state index contributed by atoms with van der Waals surface area (Å²) in [7, 11) is 0. The van der Waals surface area contributed by atoms with Crippen LogP contribution in [0.1, 0.15) is 31.9 Å². The van der Waals surface area contributed by atoms with E-state index in [0.29, 0.717) is 19.8 Å². The van der Waals surface area contributed by atoms with Crippen molar-refractivity contribution in [3.8, 4) is 22.8 Å². The maximum Gasteiger partial charge on any atom is 0.150 e. The predicted molar refractivity (Wildman–Crippen MR) is 111 cm³/mol. The molecule has 4 rings (SSSR count). The molecule has 8 nitrogen and oxygen atoms in total. The van der Waals surface area contributed by atoms with E-state index in [-0.39, 0.29) is 18.6 Å². The van der Waals surface area contributed by atoms with Gasteiger partial charge in [-0.1, -0.05) is 0 Å². The van der Waals surface area contributed by atoms with Crippen LogP contribution in [-0.2, 0) is 9.47 Å². The van der Waals surface area contributed by atoms with E-state index in [1.165, 1.54) is 6.20 Å². The van der Waals surface area contributed by atoms with Crippen molar-refractivity contribution in [2.75, 3.05) is 33.0 Å². The molecule has 0 amide bonds. The lowest BCUT2D eigenvalue weighted by molar-refractivity contribution is -0.0365.